The molecule has 1 N–H and O–H groups in total. The van der Waals surface area contributed by atoms with Crippen molar-refractivity contribution in [1.82, 2.24) is 10.2 Å². The highest BCUT2D eigenvalue weighted by Gasteiger charge is 2.37. The molecule has 0 radical (unpaired) electrons. The Morgan fingerprint density at radius 3 is 2.47 bits per heavy atom. The van der Waals surface area contributed by atoms with Crippen LogP contribution < -0.4 is 5.32 Å². The zero-order valence-corrected chi connectivity index (χ0v) is 13.4. The Morgan fingerprint density at radius 2 is 1.89 bits per heavy atom. The Bertz CT molecular complexity index is 256. The first kappa shape index (κ1) is 15.3. The summed E-state index contributed by atoms with van der Waals surface area (Å²) in [6.45, 7) is 8.59. The van der Waals surface area contributed by atoms with Gasteiger partial charge in [0.05, 0.1) is 0 Å². The van der Waals surface area contributed by atoms with Crippen LogP contribution in [0.5, 0.6) is 0 Å². The van der Waals surface area contributed by atoms with Gasteiger partial charge >= 0.3 is 0 Å². The summed E-state index contributed by atoms with van der Waals surface area (Å²) in [5.74, 6) is 0.921. The van der Waals surface area contributed by atoms with Crippen LogP contribution in [-0.4, -0.2) is 37.6 Å². The molecular formula is C17H34N2. The van der Waals surface area contributed by atoms with Crippen molar-refractivity contribution in [3.8, 4) is 0 Å². The number of hydrogen-bond donors (Lipinski definition) is 1. The van der Waals surface area contributed by atoms with E-state index in [0.717, 1.165) is 12.0 Å². The lowest BCUT2D eigenvalue weighted by molar-refractivity contribution is 0.0630. The van der Waals surface area contributed by atoms with Gasteiger partial charge in [-0.3, -0.25) is 0 Å². The van der Waals surface area contributed by atoms with Crippen LogP contribution in [0.3, 0.4) is 0 Å². The van der Waals surface area contributed by atoms with Crippen molar-refractivity contribution in [2.45, 2.75) is 71.3 Å². The Labute approximate surface area is 120 Å². The van der Waals surface area contributed by atoms with E-state index in [9.17, 15) is 0 Å². The summed E-state index contributed by atoms with van der Waals surface area (Å²) >= 11 is 0. The summed E-state index contributed by atoms with van der Waals surface area (Å²) in [5.41, 5.74) is 0.547. The molecule has 2 heteroatoms. The lowest BCUT2D eigenvalue weighted by atomic mass is 9.69. The minimum Gasteiger partial charge on any atom is -0.319 e. The molecule has 112 valence electrons. The molecule has 2 unspecified atom stereocenters. The molecule has 0 aliphatic heterocycles. The highest BCUT2D eigenvalue weighted by atomic mass is 15.2. The number of nitrogens with one attached hydrogen (secondary N) is 1. The minimum absolute atomic E-state index is 0.547. The monoisotopic (exact) mass is 266 g/mol. The van der Waals surface area contributed by atoms with E-state index in [1.54, 1.807) is 0 Å². The second kappa shape index (κ2) is 7.08. The molecule has 0 bridgehead atoms. The fourth-order valence-corrected chi connectivity index (χ4v) is 4.70. The molecule has 0 aromatic carbocycles. The van der Waals surface area contributed by atoms with Crippen molar-refractivity contribution in [2.75, 3.05) is 26.7 Å². The Kier molecular flexibility index (Phi) is 5.70. The van der Waals surface area contributed by atoms with Gasteiger partial charge in [0, 0.05) is 19.1 Å². The van der Waals surface area contributed by atoms with Crippen LogP contribution in [0.4, 0.5) is 0 Å². The normalized spacial score (nSPS) is 33.2. The highest BCUT2D eigenvalue weighted by molar-refractivity contribution is 4.91. The van der Waals surface area contributed by atoms with Gasteiger partial charge in [-0.15, -0.1) is 0 Å². The average Bonchev–Trinajstić information content (AvgIpc) is 2.90. The molecule has 2 aliphatic carbocycles. The van der Waals surface area contributed by atoms with Crippen LogP contribution in [-0.2, 0) is 0 Å². The smallest absolute Gasteiger partial charge is 0.00953 e. The van der Waals surface area contributed by atoms with Crippen LogP contribution >= 0.6 is 0 Å². The number of hydrogen-bond acceptors (Lipinski definition) is 2. The van der Waals surface area contributed by atoms with Crippen molar-refractivity contribution in [1.29, 1.82) is 0 Å². The number of rotatable bonds is 6. The minimum atomic E-state index is 0.547. The lowest BCUT2D eigenvalue weighted by Crippen LogP contribution is -2.48. The van der Waals surface area contributed by atoms with Crippen molar-refractivity contribution in [2.24, 2.45) is 11.3 Å². The van der Waals surface area contributed by atoms with Crippen molar-refractivity contribution in [3.05, 3.63) is 0 Å². The van der Waals surface area contributed by atoms with Gasteiger partial charge in [0.15, 0.2) is 0 Å². The Morgan fingerprint density at radius 1 is 1.16 bits per heavy atom. The third-order valence-corrected chi connectivity index (χ3v) is 5.52. The molecule has 19 heavy (non-hydrogen) atoms. The van der Waals surface area contributed by atoms with Crippen molar-refractivity contribution in [3.63, 3.8) is 0 Å². The molecule has 2 nitrogen and oxygen atoms in total. The summed E-state index contributed by atoms with van der Waals surface area (Å²) in [5, 5.41) is 3.49. The molecule has 2 fully saturated rings. The quantitative estimate of drug-likeness (QED) is 0.789. The van der Waals surface area contributed by atoms with Crippen LogP contribution in [0.2, 0.25) is 0 Å². The summed E-state index contributed by atoms with van der Waals surface area (Å²) in [7, 11) is 2.13. The highest BCUT2D eigenvalue weighted by Crippen LogP contribution is 2.40. The van der Waals surface area contributed by atoms with Gasteiger partial charge in [0.25, 0.3) is 0 Å². The zero-order valence-electron chi connectivity index (χ0n) is 13.4. The molecule has 0 aromatic heterocycles. The molecule has 2 saturated carbocycles. The van der Waals surface area contributed by atoms with E-state index in [4.69, 9.17) is 0 Å². The molecule has 2 atom stereocenters. The van der Waals surface area contributed by atoms with Gasteiger partial charge in [-0.2, -0.15) is 0 Å². The van der Waals surface area contributed by atoms with Crippen LogP contribution in [0.25, 0.3) is 0 Å². The first-order chi connectivity index (χ1) is 9.19. The molecule has 0 amide bonds. The molecule has 2 aliphatic rings. The molecule has 0 spiro atoms. The predicted octanol–water partition coefficient (Wildman–Crippen LogP) is 3.67. The van der Waals surface area contributed by atoms with Crippen molar-refractivity contribution >= 4 is 0 Å². The molecule has 0 saturated heterocycles. The molecule has 2 rings (SSSR count). The van der Waals surface area contributed by atoms with Crippen LogP contribution in [0, 0.1) is 11.3 Å². The zero-order chi connectivity index (χ0) is 13.7. The number of nitrogens with zero attached hydrogens (tertiary/aromatic N) is 1. The predicted molar refractivity (Wildman–Crippen MR) is 83.5 cm³/mol. The summed E-state index contributed by atoms with van der Waals surface area (Å²) in [6, 6.07) is 0.885. The summed E-state index contributed by atoms with van der Waals surface area (Å²) in [4.78, 5) is 2.81. The topological polar surface area (TPSA) is 15.3 Å². The maximum Gasteiger partial charge on any atom is 0.00953 e. The van der Waals surface area contributed by atoms with Crippen LogP contribution in [0.15, 0.2) is 0 Å². The first-order valence-electron chi connectivity index (χ1n) is 8.58. The van der Waals surface area contributed by atoms with Crippen molar-refractivity contribution < 1.29 is 0 Å². The van der Waals surface area contributed by atoms with Gasteiger partial charge < -0.3 is 10.2 Å². The van der Waals surface area contributed by atoms with Gasteiger partial charge in [0.1, 0.15) is 0 Å². The van der Waals surface area contributed by atoms with E-state index in [-0.39, 0.29) is 0 Å². The van der Waals surface area contributed by atoms with Gasteiger partial charge in [0.2, 0.25) is 0 Å². The fourth-order valence-electron chi connectivity index (χ4n) is 4.70. The Hall–Kier alpha value is -0.0800. The van der Waals surface area contributed by atoms with Gasteiger partial charge in [-0.25, -0.2) is 0 Å². The van der Waals surface area contributed by atoms with Gasteiger partial charge in [-0.1, -0.05) is 39.5 Å². The van der Waals surface area contributed by atoms with Crippen LogP contribution in [0.1, 0.15) is 65.2 Å². The standard InChI is InChI=1S/C17H34N2/c1-4-19(16-9-5-6-10-16)14-17(13-18-3)11-7-8-15(2)12-17/h15-16,18H,4-14H2,1-3H3. The van der Waals surface area contributed by atoms with E-state index < -0.39 is 0 Å². The van der Waals surface area contributed by atoms with E-state index >= 15 is 0 Å². The van der Waals surface area contributed by atoms with E-state index in [2.05, 4.69) is 31.1 Å². The average molecular weight is 266 g/mol. The first-order valence-corrected chi connectivity index (χ1v) is 8.58. The fraction of sp³-hybridized carbons (Fsp3) is 1.00. The third-order valence-electron chi connectivity index (χ3n) is 5.52. The maximum absolute atomic E-state index is 3.49. The van der Waals surface area contributed by atoms with E-state index in [1.165, 1.54) is 71.0 Å². The maximum atomic E-state index is 3.49. The molecule has 0 aromatic rings. The second-order valence-electron chi connectivity index (χ2n) is 7.23. The van der Waals surface area contributed by atoms with E-state index in [1.807, 2.05) is 0 Å². The van der Waals surface area contributed by atoms with Gasteiger partial charge in [-0.05, 0) is 50.6 Å². The third kappa shape index (κ3) is 3.95. The molecular weight excluding hydrogens is 232 g/mol. The second-order valence-corrected chi connectivity index (χ2v) is 7.23. The molecule has 0 heterocycles. The SMILES string of the molecule is CCN(CC1(CNC)CCCC(C)C1)C1CCCC1. The lowest BCUT2D eigenvalue weighted by Gasteiger charge is -2.44. The van der Waals surface area contributed by atoms with E-state index in [0.29, 0.717) is 5.41 Å². The summed E-state index contributed by atoms with van der Waals surface area (Å²) < 4.78 is 0. The largest absolute Gasteiger partial charge is 0.319 e. The summed E-state index contributed by atoms with van der Waals surface area (Å²) in [6.07, 6.45) is 11.5. The Balaban J connectivity index is 2.01.